The van der Waals surface area contributed by atoms with Crippen LogP contribution in [-0.4, -0.2) is 42.3 Å². The van der Waals surface area contributed by atoms with Crippen LogP contribution in [0.15, 0.2) is 35.4 Å². The summed E-state index contributed by atoms with van der Waals surface area (Å²) in [7, 11) is 4.58. The molecule has 2 aromatic carbocycles. The highest BCUT2D eigenvalue weighted by Gasteiger charge is 2.12. The van der Waals surface area contributed by atoms with Gasteiger partial charge in [0, 0.05) is 5.56 Å². The average Bonchev–Trinajstić information content (AvgIpc) is 3.17. The Morgan fingerprint density at radius 1 is 1.11 bits per heavy atom. The van der Waals surface area contributed by atoms with Crippen LogP contribution in [0.3, 0.4) is 0 Å². The predicted molar refractivity (Wildman–Crippen MR) is 103 cm³/mol. The van der Waals surface area contributed by atoms with E-state index in [1.807, 2.05) is 6.07 Å². The predicted octanol–water partition coefficient (Wildman–Crippen LogP) is 2.87. The van der Waals surface area contributed by atoms with E-state index in [1.165, 1.54) is 27.5 Å². The number of ether oxygens (including phenoxy) is 3. The Morgan fingerprint density at radius 3 is 2.52 bits per heavy atom. The minimum Gasteiger partial charge on any atom is -0.493 e. The lowest BCUT2D eigenvalue weighted by Gasteiger charge is -2.12. The third-order valence-corrected chi connectivity index (χ3v) is 4.14. The van der Waals surface area contributed by atoms with Crippen molar-refractivity contribution in [2.24, 2.45) is 5.10 Å². The summed E-state index contributed by atoms with van der Waals surface area (Å²) in [6.07, 6.45) is 1.47. The van der Waals surface area contributed by atoms with E-state index in [1.54, 1.807) is 24.3 Å². The fourth-order valence-corrected chi connectivity index (χ4v) is 2.95. The zero-order valence-electron chi connectivity index (χ0n) is 14.8. The van der Waals surface area contributed by atoms with Crippen LogP contribution in [0.1, 0.15) is 5.56 Å². The number of benzene rings is 2. The van der Waals surface area contributed by atoms with Gasteiger partial charge < -0.3 is 19.5 Å². The Balaban J connectivity index is 1.70. The lowest BCUT2D eigenvalue weighted by Crippen LogP contribution is -2.24. The molecule has 0 radical (unpaired) electrons. The molecule has 3 rings (SSSR count). The number of methoxy groups -OCH3 is 3. The van der Waals surface area contributed by atoms with Gasteiger partial charge in [-0.05, 0) is 24.3 Å². The Hall–Kier alpha value is -3.40. The summed E-state index contributed by atoms with van der Waals surface area (Å²) in [5.74, 6) is 1.46. The number of anilines is 1. The van der Waals surface area contributed by atoms with Crippen molar-refractivity contribution in [3.63, 3.8) is 0 Å². The van der Waals surface area contributed by atoms with Gasteiger partial charge in [-0.2, -0.15) is 13.8 Å². The van der Waals surface area contributed by atoms with Crippen LogP contribution < -0.4 is 25.0 Å². The molecule has 0 fully saturated rings. The maximum atomic E-state index is 12.1. The van der Waals surface area contributed by atoms with E-state index < -0.39 is 6.03 Å². The molecule has 0 aliphatic rings. The summed E-state index contributed by atoms with van der Waals surface area (Å²) in [5, 5.41) is 6.63. The van der Waals surface area contributed by atoms with Crippen molar-refractivity contribution in [1.29, 1.82) is 0 Å². The first-order valence-electron chi connectivity index (χ1n) is 7.77. The van der Waals surface area contributed by atoms with Gasteiger partial charge in [0.05, 0.1) is 45.0 Å². The maximum absolute atomic E-state index is 12.1. The van der Waals surface area contributed by atoms with Crippen LogP contribution in [0.5, 0.6) is 17.2 Å². The van der Waals surface area contributed by atoms with Gasteiger partial charge in [0.15, 0.2) is 11.5 Å². The number of fused-ring (bicyclic) bond motifs is 1. The fourth-order valence-electron chi connectivity index (χ4n) is 2.40. The molecule has 0 unspecified atom stereocenters. The molecule has 0 spiro atoms. The summed E-state index contributed by atoms with van der Waals surface area (Å²) in [4.78, 5) is 12.1. The van der Waals surface area contributed by atoms with Gasteiger partial charge in [0.25, 0.3) is 0 Å². The molecule has 0 aliphatic carbocycles. The minimum absolute atomic E-state index is 0.479. The summed E-state index contributed by atoms with van der Waals surface area (Å²) in [6, 6.07) is 8.28. The molecular weight excluding hydrogens is 370 g/mol. The topological polar surface area (TPSA) is 107 Å². The summed E-state index contributed by atoms with van der Waals surface area (Å²) < 4.78 is 24.1. The zero-order chi connectivity index (χ0) is 19.2. The third kappa shape index (κ3) is 4.06. The number of hydrazone groups is 1. The smallest absolute Gasteiger partial charge is 0.339 e. The normalized spacial score (nSPS) is 10.8. The van der Waals surface area contributed by atoms with Gasteiger partial charge in [-0.3, -0.25) is 0 Å². The molecule has 1 heterocycles. The highest BCUT2D eigenvalue weighted by molar-refractivity contribution is 7.00. The van der Waals surface area contributed by atoms with E-state index in [-0.39, 0.29) is 0 Å². The van der Waals surface area contributed by atoms with Gasteiger partial charge in [-0.1, -0.05) is 6.07 Å². The Morgan fingerprint density at radius 2 is 1.85 bits per heavy atom. The molecule has 2 N–H and O–H groups in total. The molecule has 3 aromatic rings. The average molecular weight is 387 g/mol. The van der Waals surface area contributed by atoms with Gasteiger partial charge in [0.2, 0.25) is 5.75 Å². The summed E-state index contributed by atoms with van der Waals surface area (Å²) in [6.45, 7) is 0. The lowest BCUT2D eigenvalue weighted by molar-refractivity contribution is 0.252. The van der Waals surface area contributed by atoms with E-state index in [0.29, 0.717) is 34.0 Å². The second-order valence-electron chi connectivity index (χ2n) is 5.22. The van der Waals surface area contributed by atoms with E-state index in [4.69, 9.17) is 14.2 Å². The highest BCUT2D eigenvalue weighted by atomic mass is 32.1. The number of aromatic nitrogens is 2. The van der Waals surface area contributed by atoms with Crippen molar-refractivity contribution < 1.29 is 19.0 Å². The molecule has 27 heavy (non-hydrogen) atoms. The van der Waals surface area contributed by atoms with Crippen molar-refractivity contribution in [2.75, 3.05) is 26.6 Å². The largest absolute Gasteiger partial charge is 0.493 e. The number of carbonyl (C=O) groups is 1. The van der Waals surface area contributed by atoms with E-state index in [2.05, 4.69) is 24.6 Å². The SMILES string of the molecule is COc1cc(/C=N/NC(=O)Nc2cccc3nsnc23)cc(OC)c1OC. The number of hydrogen-bond donors (Lipinski definition) is 2. The van der Waals surface area contributed by atoms with Crippen LogP contribution in [0.4, 0.5) is 10.5 Å². The second kappa shape index (κ2) is 8.32. The van der Waals surface area contributed by atoms with Crippen LogP contribution in [0.25, 0.3) is 11.0 Å². The number of nitrogens with one attached hydrogen (secondary N) is 2. The molecule has 1 aromatic heterocycles. The standard InChI is InChI=1S/C17H17N5O4S/c1-24-13-7-10(8-14(25-2)16(13)26-3)9-18-20-17(23)19-11-5-4-6-12-15(11)22-27-21-12/h4-9H,1-3H3,(H2,19,20,23)/b18-9+. The van der Waals surface area contributed by atoms with Crippen molar-refractivity contribution >= 4 is 40.7 Å². The monoisotopic (exact) mass is 387 g/mol. The number of rotatable bonds is 6. The minimum atomic E-state index is -0.501. The molecule has 0 saturated carbocycles. The molecule has 0 bridgehead atoms. The van der Waals surface area contributed by atoms with E-state index >= 15 is 0 Å². The third-order valence-electron chi connectivity index (χ3n) is 3.60. The molecular formula is C17H17N5O4S. The Bertz CT molecular complexity index is 963. The van der Waals surface area contributed by atoms with Crippen molar-refractivity contribution in [3.8, 4) is 17.2 Å². The molecule has 0 saturated heterocycles. The maximum Gasteiger partial charge on any atom is 0.339 e. The van der Waals surface area contributed by atoms with Gasteiger partial charge in [-0.25, -0.2) is 10.2 Å². The number of urea groups is 1. The zero-order valence-corrected chi connectivity index (χ0v) is 15.7. The molecule has 9 nitrogen and oxygen atoms in total. The highest BCUT2D eigenvalue weighted by Crippen LogP contribution is 2.37. The number of amides is 2. The summed E-state index contributed by atoms with van der Waals surface area (Å²) in [5.41, 5.74) is 4.97. The van der Waals surface area contributed by atoms with E-state index in [0.717, 1.165) is 17.2 Å². The number of carbonyl (C=O) groups excluding carboxylic acids is 1. The Labute approximate surface area is 159 Å². The van der Waals surface area contributed by atoms with Crippen LogP contribution in [-0.2, 0) is 0 Å². The van der Waals surface area contributed by atoms with Crippen LogP contribution in [0, 0.1) is 0 Å². The molecule has 0 atom stereocenters. The first-order valence-corrected chi connectivity index (χ1v) is 8.50. The molecule has 0 aliphatic heterocycles. The van der Waals surface area contributed by atoms with Gasteiger partial charge >= 0.3 is 6.03 Å². The van der Waals surface area contributed by atoms with E-state index in [9.17, 15) is 4.79 Å². The van der Waals surface area contributed by atoms with Gasteiger partial charge in [0.1, 0.15) is 11.0 Å². The van der Waals surface area contributed by atoms with Crippen molar-refractivity contribution in [3.05, 3.63) is 35.9 Å². The number of hydrogen-bond acceptors (Lipinski definition) is 8. The van der Waals surface area contributed by atoms with Gasteiger partial charge in [-0.15, -0.1) is 0 Å². The molecule has 2 amide bonds. The Kier molecular flexibility index (Phi) is 5.67. The first-order chi connectivity index (χ1) is 13.2. The molecule has 10 heteroatoms. The van der Waals surface area contributed by atoms with Crippen LogP contribution >= 0.6 is 11.7 Å². The fraction of sp³-hybridized carbons (Fsp3) is 0.176. The summed E-state index contributed by atoms with van der Waals surface area (Å²) >= 11 is 1.08. The second-order valence-corrected chi connectivity index (χ2v) is 5.75. The number of nitrogens with zero attached hydrogens (tertiary/aromatic N) is 3. The van der Waals surface area contributed by atoms with Crippen LogP contribution in [0.2, 0.25) is 0 Å². The first kappa shape index (κ1) is 18.4. The molecule has 140 valence electrons. The quantitative estimate of drug-likeness (QED) is 0.497. The lowest BCUT2D eigenvalue weighted by atomic mass is 10.2. The van der Waals surface area contributed by atoms with Crippen molar-refractivity contribution in [1.82, 2.24) is 14.2 Å². The van der Waals surface area contributed by atoms with Crippen molar-refractivity contribution in [2.45, 2.75) is 0 Å².